The molecule has 2 aliphatic carbocycles. The number of hydrogen-bond donors (Lipinski definition) is 1. The summed E-state index contributed by atoms with van der Waals surface area (Å²) in [5.41, 5.74) is 6.39. The van der Waals surface area contributed by atoms with Crippen LogP contribution in [0, 0.1) is 0 Å². The molecular weight excluding hydrogens is 371 g/mol. The van der Waals surface area contributed by atoms with Gasteiger partial charge in [0.1, 0.15) is 0 Å². The second kappa shape index (κ2) is 13.7. The van der Waals surface area contributed by atoms with Gasteiger partial charge in [-0.05, 0) is 6.92 Å². The molecule has 0 amide bonds. The molecule has 2 aromatic rings. The molecule has 0 heterocycles. The molecule has 0 spiro atoms. The number of rotatable bonds is 0. The van der Waals surface area contributed by atoms with Crippen molar-refractivity contribution in [2.45, 2.75) is 65.2 Å². The molecule has 0 saturated heterocycles. The van der Waals surface area contributed by atoms with Crippen molar-refractivity contribution >= 4 is 3.71 Å². The van der Waals surface area contributed by atoms with Gasteiger partial charge in [-0.15, -0.1) is 0 Å². The average molecular weight is 404 g/mol. The zero-order valence-corrected chi connectivity index (χ0v) is 17.8. The van der Waals surface area contributed by atoms with Crippen molar-refractivity contribution in [1.29, 1.82) is 0 Å². The van der Waals surface area contributed by atoms with Gasteiger partial charge in [-0.25, -0.2) is 12.1 Å². The fraction of sp³-hybridized carbons (Fsp3) is 0.500. The molecule has 0 fully saturated rings. The zero-order chi connectivity index (χ0) is 17.6. The van der Waals surface area contributed by atoms with E-state index in [1.807, 2.05) is 6.92 Å². The normalized spacial score (nSPS) is 14.4. The third kappa shape index (κ3) is 7.99. The molecule has 1 nitrogen and oxygen atoms in total. The van der Waals surface area contributed by atoms with E-state index in [4.69, 9.17) is 5.11 Å². The molecule has 0 radical (unpaired) electrons. The van der Waals surface area contributed by atoms with Gasteiger partial charge in [-0.1, -0.05) is 51.4 Å². The fourth-order valence-corrected chi connectivity index (χ4v) is 3.23. The molecular formula is C22H32OZr. The van der Waals surface area contributed by atoms with E-state index in [1.165, 1.54) is 75.6 Å². The molecule has 0 bridgehead atoms. The second-order valence-electron chi connectivity index (χ2n) is 6.17. The Bertz CT molecular complexity index is 463. The van der Waals surface area contributed by atoms with Crippen LogP contribution in [0.25, 0.3) is 0 Å². The Balaban J connectivity index is 0.000000183. The van der Waals surface area contributed by atoms with Gasteiger partial charge in [0.25, 0.3) is 0 Å². The molecule has 130 valence electrons. The topological polar surface area (TPSA) is 20.2 Å². The van der Waals surface area contributed by atoms with Crippen molar-refractivity contribution in [3.8, 4) is 0 Å². The summed E-state index contributed by atoms with van der Waals surface area (Å²) >= 11 is 1.51. The van der Waals surface area contributed by atoms with E-state index < -0.39 is 0 Å². The van der Waals surface area contributed by atoms with Crippen LogP contribution in [0.15, 0.2) is 36.4 Å². The summed E-state index contributed by atoms with van der Waals surface area (Å²) in [6.45, 7) is 3.97. The van der Waals surface area contributed by atoms with Crippen molar-refractivity contribution in [3.63, 3.8) is 0 Å². The van der Waals surface area contributed by atoms with Gasteiger partial charge in [0.2, 0.25) is 0 Å². The van der Waals surface area contributed by atoms with Crippen LogP contribution in [-0.2, 0) is 49.9 Å². The summed E-state index contributed by atoms with van der Waals surface area (Å²) < 4.78 is 2.09. The summed E-state index contributed by atoms with van der Waals surface area (Å²) in [4.78, 5) is 0. The predicted octanol–water partition coefficient (Wildman–Crippen LogP) is 4.92. The maximum Gasteiger partial charge on any atom is -0.0512 e. The first-order valence-electron chi connectivity index (χ1n) is 9.29. The number of aliphatic hydroxyl groups is 1. The molecule has 0 atom stereocenters. The van der Waals surface area contributed by atoms with Crippen molar-refractivity contribution in [3.05, 3.63) is 58.7 Å². The first-order chi connectivity index (χ1) is 11.8. The third-order valence-corrected chi connectivity index (χ3v) is 4.30. The summed E-state index contributed by atoms with van der Waals surface area (Å²) in [5.74, 6) is 0. The molecule has 2 heteroatoms. The van der Waals surface area contributed by atoms with E-state index in [2.05, 4.69) is 40.1 Å². The quantitative estimate of drug-likeness (QED) is 0.619. The van der Waals surface area contributed by atoms with Gasteiger partial charge in [-0.3, -0.25) is 0 Å². The Kier molecular flexibility index (Phi) is 12.2. The van der Waals surface area contributed by atoms with E-state index in [1.54, 1.807) is 29.2 Å². The van der Waals surface area contributed by atoms with Crippen LogP contribution in [0.1, 0.15) is 61.8 Å². The second-order valence-corrected chi connectivity index (χ2v) is 7.59. The van der Waals surface area contributed by atoms with Crippen LogP contribution in [0.2, 0.25) is 0 Å². The van der Waals surface area contributed by atoms with Gasteiger partial charge < -0.3 is 5.11 Å². The SMILES string of the molecule is CCO.C[CH]=[Zr+2].c1cc2c([cH-]1)CCCC2.c1cc2c([cH-]1)CCCC2. The maximum atomic E-state index is 7.57. The summed E-state index contributed by atoms with van der Waals surface area (Å²) in [6, 6.07) is 13.4. The van der Waals surface area contributed by atoms with Crippen LogP contribution < -0.4 is 0 Å². The monoisotopic (exact) mass is 402 g/mol. The van der Waals surface area contributed by atoms with Crippen molar-refractivity contribution in [2.24, 2.45) is 0 Å². The number of aliphatic hydroxyl groups excluding tert-OH is 1. The molecule has 0 unspecified atom stereocenters. The van der Waals surface area contributed by atoms with E-state index in [-0.39, 0.29) is 6.61 Å². The van der Waals surface area contributed by atoms with Gasteiger partial charge in [0, 0.05) is 6.61 Å². The molecule has 0 saturated carbocycles. The van der Waals surface area contributed by atoms with Crippen LogP contribution in [-0.4, -0.2) is 15.4 Å². The minimum absolute atomic E-state index is 0.250. The standard InChI is InChI=1S/2C9H11.C2H6O.C2H4.Zr/c2*1-2-5-9-7-3-6-8(9)4-1;1-2-3;1-2;/h2*3,6-7H,1-2,4-5H2;3H,2H2,1H3;1H,2H3;/q2*-1;;;+2. The number of hydrogen-bond acceptors (Lipinski definition) is 1. The van der Waals surface area contributed by atoms with Gasteiger partial charge in [0.15, 0.2) is 0 Å². The maximum absolute atomic E-state index is 7.57. The first-order valence-corrected chi connectivity index (χ1v) is 10.7. The Hall–Kier alpha value is -0.587. The van der Waals surface area contributed by atoms with Crippen LogP contribution in [0.3, 0.4) is 0 Å². The van der Waals surface area contributed by atoms with Crippen LogP contribution >= 0.6 is 0 Å². The summed E-state index contributed by atoms with van der Waals surface area (Å²) in [6.07, 6.45) is 10.9. The molecule has 24 heavy (non-hydrogen) atoms. The van der Waals surface area contributed by atoms with Crippen LogP contribution in [0.4, 0.5) is 0 Å². The Labute approximate surface area is 163 Å². The minimum Gasteiger partial charge on any atom is -0.210 e. The smallest absolute Gasteiger partial charge is 0.0512 e. The molecule has 0 aliphatic heterocycles. The summed E-state index contributed by atoms with van der Waals surface area (Å²) in [5, 5.41) is 7.57. The van der Waals surface area contributed by atoms with Crippen molar-refractivity contribution in [1.82, 2.24) is 0 Å². The third-order valence-electron chi connectivity index (χ3n) is 4.30. The van der Waals surface area contributed by atoms with Gasteiger partial charge in [-0.2, -0.15) is 46.5 Å². The number of fused-ring (bicyclic) bond motifs is 2. The Morgan fingerprint density at radius 3 is 1.58 bits per heavy atom. The molecule has 0 aromatic heterocycles. The minimum atomic E-state index is 0.250. The fourth-order valence-electron chi connectivity index (χ4n) is 3.23. The molecule has 4 rings (SSSR count). The Morgan fingerprint density at radius 2 is 1.25 bits per heavy atom. The van der Waals surface area contributed by atoms with E-state index in [0.29, 0.717) is 0 Å². The number of aryl methyl sites for hydroxylation is 4. The molecule has 2 aromatic carbocycles. The Morgan fingerprint density at radius 1 is 0.917 bits per heavy atom. The average Bonchev–Trinajstić information content (AvgIpc) is 3.26. The zero-order valence-electron chi connectivity index (χ0n) is 15.4. The van der Waals surface area contributed by atoms with Crippen molar-refractivity contribution in [2.75, 3.05) is 6.61 Å². The first kappa shape index (κ1) is 21.5. The van der Waals surface area contributed by atoms with E-state index in [9.17, 15) is 0 Å². The molecule has 1 N–H and O–H groups in total. The van der Waals surface area contributed by atoms with Crippen molar-refractivity contribution < 1.29 is 29.3 Å². The largest absolute Gasteiger partial charge is 0.210 e. The van der Waals surface area contributed by atoms with Gasteiger partial charge >= 0.3 is 34.9 Å². The predicted molar refractivity (Wildman–Crippen MR) is 102 cm³/mol. The van der Waals surface area contributed by atoms with E-state index in [0.717, 1.165) is 0 Å². The summed E-state index contributed by atoms with van der Waals surface area (Å²) in [7, 11) is 0. The van der Waals surface area contributed by atoms with Crippen LogP contribution in [0.5, 0.6) is 0 Å². The molecule has 2 aliphatic rings. The van der Waals surface area contributed by atoms with E-state index >= 15 is 0 Å². The van der Waals surface area contributed by atoms with Gasteiger partial charge in [0.05, 0.1) is 0 Å².